The van der Waals surface area contributed by atoms with E-state index in [9.17, 15) is 4.79 Å². The molecule has 166 valence electrons. The van der Waals surface area contributed by atoms with Gasteiger partial charge in [-0.05, 0) is 62.4 Å². The molecule has 3 heterocycles. The van der Waals surface area contributed by atoms with Crippen molar-refractivity contribution in [1.82, 2.24) is 19.5 Å². The first-order valence-electron chi connectivity index (χ1n) is 10.8. The van der Waals surface area contributed by atoms with Crippen LogP contribution in [0.5, 0.6) is 0 Å². The van der Waals surface area contributed by atoms with Crippen molar-refractivity contribution in [3.05, 3.63) is 48.3 Å². The number of nitrogens with two attached hydrogens (primary N) is 1. The standard InChI is InChI=1S/C23H26N8O.H2/c1-15-7-8-16(11-19(15)20-26-13-18-6-4-10-30(18)29-20)28-22(32)31-17-5-3-9-23(31,12-17)21(25-2)27-14-24;/h4,6-8,10-11,13-14,17H,3,5,9,12H2,1-2H3,(H,28,32)(H2,24,25,27);1H. The van der Waals surface area contributed by atoms with E-state index in [4.69, 9.17) is 5.73 Å². The Morgan fingerprint density at radius 2 is 2.28 bits per heavy atom. The third-order valence-corrected chi connectivity index (χ3v) is 6.58. The molecule has 5 rings (SSSR count). The molecule has 9 nitrogen and oxygen atoms in total. The Kier molecular flexibility index (Phi) is 4.88. The Morgan fingerprint density at radius 1 is 1.41 bits per heavy atom. The summed E-state index contributed by atoms with van der Waals surface area (Å²) in [4.78, 5) is 28.4. The minimum absolute atomic E-state index is 0. The highest BCUT2D eigenvalue weighted by atomic mass is 16.2. The molecule has 1 saturated carbocycles. The summed E-state index contributed by atoms with van der Waals surface area (Å²) in [6.45, 7) is 2.01. The molecule has 1 aliphatic heterocycles. The highest BCUT2D eigenvalue weighted by Crippen LogP contribution is 2.49. The van der Waals surface area contributed by atoms with Crippen LogP contribution in [0, 0.1) is 6.92 Å². The second-order valence-corrected chi connectivity index (χ2v) is 8.40. The van der Waals surface area contributed by atoms with E-state index >= 15 is 0 Å². The van der Waals surface area contributed by atoms with Crippen LogP contribution in [0.4, 0.5) is 10.5 Å². The topological polar surface area (TPSA) is 113 Å². The summed E-state index contributed by atoms with van der Waals surface area (Å²) in [5.41, 5.74) is 8.60. The number of aromatic nitrogens is 3. The minimum Gasteiger partial charge on any atom is -0.390 e. The van der Waals surface area contributed by atoms with Gasteiger partial charge < -0.3 is 16.0 Å². The number of rotatable bonds is 3. The molecule has 0 spiro atoms. The molecule has 2 atom stereocenters. The molecule has 32 heavy (non-hydrogen) atoms. The number of carbonyl (C=O) groups excluding carboxylic acids is 1. The highest BCUT2D eigenvalue weighted by Gasteiger charge is 2.59. The van der Waals surface area contributed by atoms with E-state index < -0.39 is 5.54 Å². The Morgan fingerprint density at radius 3 is 3.06 bits per heavy atom. The number of benzene rings is 1. The van der Waals surface area contributed by atoms with Crippen LogP contribution < -0.4 is 11.1 Å². The Bertz CT molecular complexity index is 1250. The van der Waals surface area contributed by atoms with Crippen LogP contribution in [0.2, 0.25) is 0 Å². The molecular weight excluding hydrogens is 404 g/mol. The molecule has 2 unspecified atom stereocenters. The van der Waals surface area contributed by atoms with Crippen molar-refractivity contribution in [3.63, 3.8) is 0 Å². The summed E-state index contributed by atoms with van der Waals surface area (Å²) in [5, 5.41) is 7.67. The van der Waals surface area contributed by atoms with Gasteiger partial charge in [-0.15, -0.1) is 5.10 Å². The number of urea groups is 1. The Hall–Kier alpha value is -3.75. The zero-order chi connectivity index (χ0) is 22.3. The monoisotopic (exact) mass is 432 g/mol. The average Bonchev–Trinajstić information content (AvgIpc) is 3.26. The van der Waals surface area contributed by atoms with Crippen molar-refractivity contribution in [2.45, 2.75) is 44.2 Å². The van der Waals surface area contributed by atoms with Gasteiger partial charge in [0.1, 0.15) is 5.54 Å². The predicted octanol–water partition coefficient (Wildman–Crippen LogP) is 3.49. The summed E-state index contributed by atoms with van der Waals surface area (Å²) >= 11 is 0. The summed E-state index contributed by atoms with van der Waals surface area (Å²) in [7, 11) is 1.70. The molecule has 2 bridgehead atoms. The summed E-state index contributed by atoms with van der Waals surface area (Å²) in [6.07, 6.45) is 8.67. The van der Waals surface area contributed by atoms with Crippen molar-refractivity contribution in [1.29, 1.82) is 0 Å². The van der Waals surface area contributed by atoms with E-state index in [1.807, 2.05) is 48.4 Å². The largest absolute Gasteiger partial charge is 0.390 e. The van der Waals surface area contributed by atoms with Crippen LogP contribution in [0.15, 0.2) is 52.7 Å². The summed E-state index contributed by atoms with van der Waals surface area (Å²) in [5.74, 6) is 1.22. The van der Waals surface area contributed by atoms with E-state index in [0.717, 1.165) is 42.3 Å². The zero-order valence-electron chi connectivity index (χ0n) is 18.2. The Balaban J connectivity index is 0.00000259. The average molecular weight is 433 g/mol. The van der Waals surface area contributed by atoms with Crippen molar-refractivity contribution in [2.75, 3.05) is 12.4 Å². The number of fused-ring (bicyclic) bond motifs is 3. The number of amidine groups is 1. The van der Waals surface area contributed by atoms with Gasteiger partial charge in [0.25, 0.3) is 0 Å². The third-order valence-electron chi connectivity index (χ3n) is 6.58. The number of anilines is 1. The lowest BCUT2D eigenvalue weighted by Crippen LogP contribution is -2.74. The van der Waals surface area contributed by atoms with Crippen molar-refractivity contribution in [3.8, 4) is 11.4 Å². The van der Waals surface area contributed by atoms with Gasteiger partial charge in [-0.2, -0.15) is 0 Å². The number of hydrogen-bond acceptors (Lipinski definition) is 4. The van der Waals surface area contributed by atoms with E-state index in [2.05, 4.69) is 25.4 Å². The third kappa shape index (κ3) is 3.12. The molecular formula is C23H28N8O. The van der Waals surface area contributed by atoms with Gasteiger partial charge in [0.15, 0.2) is 11.7 Å². The molecule has 3 aromatic rings. The number of hydrogen-bond donors (Lipinski definition) is 2. The number of likely N-dealkylation sites (tertiary alicyclic amines) is 1. The molecule has 1 aromatic carbocycles. The van der Waals surface area contributed by atoms with Gasteiger partial charge in [-0.3, -0.25) is 4.99 Å². The maximum absolute atomic E-state index is 13.4. The van der Waals surface area contributed by atoms with Crippen LogP contribution in [-0.4, -0.2) is 56.3 Å². The van der Waals surface area contributed by atoms with Gasteiger partial charge in [0.05, 0.1) is 18.1 Å². The predicted molar refractivity (Wildman–Crippen MR) is 127 cm³/mol. The van der Waals surface area contributed by atoms with Gasteiger partial charge in [0, 0.05) is 32.0 Å². The highest BCUT2D eigenvalue weighted by molar-refractivity contribution is 6.03. The maximum Gasteiger partial charge on any atom is 0.322 e. The van der Waals surface area contributed by atoms with Gasteiger partial charge in [-0.1, -0.05) is 6.07 Å². The van der Waals surface area contributed by atoms with Crippen molar-refractivity contribution >= 4 is 29.4 Å². The van der Waals surface area contributed by atoms with E-state index in [-0.39, 0.29) is 13.5 Å². The van der Waals surface area contributed by atoms with E-state index in [1.54, 1.807) is 17.8 Å². The molecule has 1 aliphatic carbocycles. The second-order valence-electron chi connectivity index (χ2n) is 8.40. The maximum atomic E-state index is 13.4. The fraction of sp³-hybridized carbons (Fsp3) is 0.348. The fourth-order valence-corrected chi connectivity index (χ4v) is 5.11. The number of nitrogens with zero attached hydrogens (tertiary/aromatic N) is 6. The lowest BCUT2D eigenvalue weighted by molar-refractivity contribution is -0.0237. The second kappa shape index (κ2) is 7.74. The van der Waals surface area contributed by atoms with E-state index in [1.165, 1.54) is 6.34 Å². The molecule has 0 radical (unpaired) electrons. The first-order valence-corrected chi connectivity index (χ1v) is 10.8. The smallest absolute Gasteiger partial charge is 0.322 e. The van der Waals surface area contributed by atoms with Crippen molar-refractivity contribution in [2.24, 2.45) is 15.7 Å². The van der Waals surface area contributed by atoms with Gasteiger partial charge in [-0.25, -0.2) is 19.3 Å². The number of amides is 2. The molecule has 3 N–H and O–H groups in total. The summed E-state index contributed by atoms with van der Waals surface area (Å²) < 4.78 is 1.79. The number of nitrogens with one attached hydrogen (secondary N) is 1. The number of piperidine rings is 1. The molecule has 2 fully saturated rings. The van der Waals surface area contributed by atoms with Crippen LogP contribution in [0.25, 0.3) is 16.9 Å². The van der Waals surface area contributed by atoms with Gasteiger partial charge in [0.2, 0.25) is 0 Å². The molecule has 2 amide bonds. The SMILES string of the molecule is CN=C(N=CN)C12CCCC(C1)N2C(=O)Nc1ccc(C)c(-c2ncc3cccn3n2)c1.[HH]. The number of aryl methyl sites for hydroxylation is 1. The number of carbonyl (C=O) groups is 1. The molecule has 1 saturated heterocycles. The fourth-order valence-electron chi connectivity index (χ4n) is 5.11. The van der Waals surface area contributed by atoms with Crippen LogP contribution >= 0.6 is 0 Å². The molecule has 9 heteroatoms. The lowest BCUT2D eigenvalue weighted by atomic mass is 9.67. The van der Waals surface area contributed by atoms with Crippen LogP contribution in [0.1, 0.15) is 32.7 Å². The normalized spacial score (nSPS) is 22.9. The minimum atomic E-state index is -0.478. The van der Waals surface area contributed by atoms with Crippen molar-refractivity contribution < 1.29 is 6.22 Å². The zero-order valence-corrected chi connectivity index (χ0v) is 18.2. The van der Waals surface area contributed by atoms with E-state index in [0.29, 0.717) is 17.3 Å². The first kappa shape index (κ1) is 20.2. The van der Waals surface area contributed by atoms with Crippen LogP contribution in [0.3, 0.4) is 0 Å². The molecule has 2 aromatic heterocycles. The van der Waals surface area contributed by atoms with Gasteiger partial charge >= 0.3 is 6.03 Å². The lowest BCUT2D eigenvalue weighted by Gasteiger charge is -2.61. The molecule has 2 aliphatic rings. The summed E-state index contributed by atoms with van der Waals surface area (Å²) in [6, 6.07) is 9.73. The quantitative estimate of drug-likeness (QED) is 0.487. The van der Waals surface area contributed by atoms with Crippen LogP contribution in [-0.2, 0) is 0 Å². The Labute approximate surface area is 187 Å². The number of aliphatic imine (C=N–C) groups is 2. The first-order chi connectivity index (χ1) is 15.6.